The summed E-state index contributed by atoms with van der Waals surface area (Å²) in [5.74, 6) is 0. The van der Waals surface area contributed by atoms with Crippen molar-refractivity contribution in [1.29, 1.82) is 0 Å². The zero-order chi connectivity index (χ0) is 8.85. The van der Waals surface area contributed by atoms with Crippen LogP contribution in [-0.2, 0) is 0 Å². The first-order valence-electron chi connectivity index (χ1n) is 3.26. The molecule has 0 aromatic rings. The SMILES string of the molecule is C=CC(=N/C=C(\C)Cl)C(=C)C. The topological polar surface area (TPSA) is 12.4 Å². The fraction of sp³-hybridized carbons (Fsp3) is 0.222. The predicted octanol–water partition coefficient (Wildman–Crippen LogP) is 3.29. The molecule has 2 heteroatoms. The minimum Gasteiger partial charge on any atom is -0.255 e. The molecule has 0 rings (SSSR count). The number of halogens is 1. The van der Waals surface area contributed by atoms with Gasteiger partial charge in [-0.25, -0.2) is 0 Å². The highest BCUT2D eigenvalue weighted by Crippen LogP contribution is 2.01. The fourth-order valence-corrected chi connectivity index (χ4v) is 0.544. The van der Waals surface area contributed by atoms with Gasteiger partial charge in [0.2, 0.25) is 0 Å². The molecule has 0 heterocycles. The van der Waals surface area contributed by atoms with Crippen molar-refractivity contribution >= 4 is 17.3 Å². The molecule has 0 aliphatic rings. The summed E-state index contributed by atoms with van der Waals surface area (Å²) in [6.45, 7) is 11.0. The van der Waals surface area contributed by atoms with Gasteiger partial charge in [0.15, 0.2) is 0 Å². The van der Waals surface area contributed by atoms with Gasteiger partial charge in [0.25, 0.3) is 0 Å². The van der Waals surface area contributed by atoms with Gasteiger partial charge in [-0.2, -0.15) is 0 Å². The van der Waals surface area contributed by atoms with E-state index in [2.05, 4.69) is 18.2 Å². The molecule has 0 aliphatic heterocycles. The third kappa shape index (κ3) is 4.57. The van der Waals surface area contributed by atoms with Crippen molar-refractivity contribution in [3.63, 3.8) is 0 Å². The molecule has 0 spiro atoms. The summed E-state index contributed by atoms with van der Waals surface area (Å²) < 4.78 is 0. The molecule has 0 radical (unpaired) electrons. The molecule has 0 aliphatic carbocycles. The van der Waals surface area contributed by atoms with Gasteiger partial charge in [0.1, 0.15) is 0 Å². The molecule has 0 saturated carbocycles. The number of nitrogens with zero attached hydrogens (tertiary/aromatic N) is 1. The van der Waals surface area contributed by atoms with Crippen LogP contribution in [0.2, 0.25) is 0 Å². The fourth-order valence-electron chi connectivity index (χ4n) is 0.496. The summed E-state index contributed by atoms with van der Waals surface area (Å²) in [6.07, 6.45) is 3.23. The first kappa shape index (κ1) is 10.2. The average Bonchev–Trinajstić information content (AvgIpc) is 1.87. The van der Waals surface area contributed by atoms with Gasteiger partial charge in [-0.1, -0.05) is 24.8 Å². The van der Waals surface area contributed by atoms with Crippen molar-refractivity contribution in [3.8, 4) is 0 Å². The van der Waals surface area contributed by atoms with Gasteiger partial charge < -0.3 is 0 Å². The average molecular weight is 170 g/mol. The van der Waals surface area contributed by atoms with Crippen molar-refractivity contribution in [2.24, 2.45) is 4.99 Å². The summed E-state index contributed by atoms with van der Waals surface area (Å²) in [5.41, 5.74) is 1.65. The molecule has 0 amide bonds. The van der Waals surface area contributed by atoms with Crippen molar-refractivity contribution in [1.82, 2.24) is 0 Å². The van der Waals surface area contributed by atoms with E-state index in [4.69, 9.17) is 11.6 Å². The molecule has 0 atom stereocenters. The maximum atomic E-state index is 5.57. The Morgan fingerprint density at radius 2 is 2.00 bits per heavy atom. The Bertz CT molecular complexity index is 220. The molecule has 0 aromatic heterocycles. The van der Waals surface area contributed by atoms with Gasteiger partial charge in [-0.3, -0.25) is 4.99 Å². The minimum atomic E-state index is 0.644. The third-order valence-corrected chi connectivity index (χ3v) is 1.11. The van der Waals surface area contributed by atoms with Crippen molar-refractivity contribution in [2.45, 2.75) is 13.8 Å². The number of allylic oxidation sites excluding steroid dienone is 3. The summed E-state index contributed by atoms with van der Waals surface area (Å²) in [7, 11) is 0. The zero-order valence-electron chi connectivity index (χ0n) is 6.89. The second-order valence-electron chi connectivity index (χ2n) is 2.21. The maximum Gasteiger partial charge on any atom is 0.0647 e. The molecular formula is C9H12ClN. The lowest BCUT2D eigenvalue weighted by Crippen LogP contribution is -1.91. The highest BCUT2D eigenvalue weighted by atomic mass is 35.5. The largest absolute Gasteiger partial charge is 0.255 e. The van der Waals surface area contributed by atoms with Crippen LogP contribution in [0.5, 0.6) is 0 Å². The Morgan fingerprint density at radius 3 is 2.27 bits per heavy atom. The van der Waals surface area contributed by atoms with Crippen LogP contribution in [0, 0.1) is 0 Å². The van der Waals surface area contributed by atoms with E-state index in [0.29, 0.717) is 5.03 Å². The van der Waals surface area contributed by atoms with Crippen LogP contribution in [0.25, 0.3) is 0 Å². The van der Waals surface area contributed by atoms with Crippen LogP contribution < -0.4 is 0 Å². The number of hydrogen-bond donors (Lipinski definition) is 0. The van der Waals surface area contributed by atoms with Crippen LogP contribution in [0.3, 0.4) is 0 Å². The lowest BCUT2D eigenvalue weighted by Gasteiger charge is -1.94. The van der Waals surface area contributed by atoms with Gasteiger partial charge in [-0.05, 0) is 25.5 Å². The monoisotopic (exact) mass is 169 g/mol. The third-order valence-electron chi connectivity index (χ3n) is 1.01. The second-order valence-corrected chi connectivity index (χ2v) is 2.81. The quantitative estimate of drug-likeness (QED) is 0.575. The Kier molecular flexibility index (Phi) is 4.55. The number of rotatable bonds is 3. The van der Waals surface area contributed by atoms with E-state index < -0.39 is 0 Å². The van der Waals surface area contributed by atoms with Gasteiger partial charge in [0, 0.05) is 11.2 Å². The highest BCUT2D eigenvalue weighted by molar-refractivity contribution is 6.29. The Hall–Kier alpha value is -0.820. The Balaban J connectivity index is 4.50. The summed E-state index contributed by atoms with van der Waals surface area (Å²) in [6, 6.07) is 0. The van der Waals surface area contributed by atoms with E-state index >= 15 is 0 Å². The van der Waals surface area contributed by atoms with Gasteiger partial charge >= 0.3 is 0 Å². The van der Waals surface area contributed by atoms with E-state index in [1.165, 1.54) is 0 Å². The molecule has 1 nitrogen and oxygen atoms in total. The summed E-state index contributed by atoms with van der Waals surface area (Å²) >= 11 is 5.57. The molecule has 0 aromatic carbocycles. The molecule has 0 bridgehead atoms. The molecule has 0 unspecified atom stereocenters. The molecule has 0 saturated heterocycles. The van der Waals surface area contributed by atoms with E-state index in [9.17, 15) is 0 Å². The molecular weight excluding hydrogens is 158 g/mol. The predicted molar refractivity (Wildman–Crippen MR) is 52.1 cm³/mol. The first-order valence-corrected chi connectivity index (χ1v) is 3.64. The van der Waals surface area contributed by atoms with Gasteiger partial charge in [-0.15, -0.1) is 0 Å². The van der Waals surface area contributed by atoms with Gasteiger partial charge in [0.05, 0.1) is 5.71 Å². The number of hydrogen-bond acceptors (Lipinski definition) is 1. The zero-order valence-corrected chi connectivity index (χ0v) is 7.65. The second kappa shape index (κ2) is 4.91. The minimum absolute atomic E-state index is 0.644. The van der Waals surface area contributed by atoms with Crippen molar-refractivity contribution < 1.29 is 0 Å². The smallest absolute Gasteiger partial charge is 0.0647 e. The normalized spacial score (nSPS) is 13.0. The molecule has 60 valence electrons. The van der Waals surface area contributed by atoms with E-state index in [1.807, 2.05) is 6.92 Å². The molecule has 0 N–H and O–H groups in total. The number of aliphatic imine (C=N–C) groups is 1. The highest BCUT2D eigenvalue weighted by Gasteiger charge is 1.90. The standard InChI is InChI=1S/C9H12ClN/c1-5-9(7(2)3)11-6-8(4)10/h5-6H,1-2H2,3-4H3/b8-6+,11-9?. The van der Waals surface area contributed by atoms with Crippen LogP contribution >= 0.6 is 11.6 Å². The van der Waals surface area contributed by atoms with Crippen LogP contribution in [0.1, 0.15) is 13.8 Å². The molecule has 0 fully saturated rings. The van der Waals surface area contributed by atoms with Crippen LogP contribution in [0.4, 0.5) is 0 Å². The van der Waals surface area contributed by atoms with E-state index in [-0.39, 0.29) is 0 Å². The summed E-state index contributed by atoms with van der Waals surface area (Å²) in [4.78, 5) is 4.05. The van der Waals surface area contributed by atoms with E-state index in [0.717, 1.165) is 11.3 Å². The van der Waals surface area contributed by atoms with Crippen LogP contribution in [0.15, 0.2) is 41.0 Å². The van der Waals surface area contributed by atoms with Crippen molar-refractivity contribution in [3.05, 3.63) is 36.0 Å². The Labute approximate surface area is 72.8 Å². The van der Waals surface area contributed by atoms with E-state index in [1.54, 1.807) is 19.2 Å². The van der Waals surface area contributed by atoms with Crippen molar-refractivity contribution in [2.75, 3.05) is 0 Å². The lowest BCUT2D eigenvalue weighted by atomic mass is 10.2. The first-order chi connectivity index (χ1) is 5.07. The lowest BCUT2D eigenvalue weighted by molar-refractivity contribution is 1.47. The Morgan fingerprint density at radius 1 is 1.45 bits per heavy atom. The molecule has 11 heavy (non-hydrogen) atoms. The maximum absolute atomic E-state index is 5.57. The summed E-state index contributed by atoms with van der Waals surface area (Å²) in [5, 5.41) is 0.644. The van der Waals surface area contributed by atoms with Crippen LogP contribution in [-0.4, -0.2) is 5.71 Å².